The van der Waals surface area contributed by atoms with E-state index in [0.29, 0.717) is 11.7 Å². The Bertz CT molecular complexity index is 1210. The Kier molecular flexibility index (Phi) is 5.24. The quantitative estimate of drug-likeness (QED) is 0.455. The molecule has 156 valence electrons. The second kappa shape index (κ2) is 8.03. The molecule has 1 atom stereocenters. The Morgan fingerprint density at radius 2 is 2.33 bits per heavy atom. The van der Waals surface area contributed by atoms with Crippen molar-refractivity contribution in [2.75, 3.05) is 5.75 Å². The van der Waals surface area contributed by atoms with E-state index in [-0.39, 0.29) is 11.7 Å². The van der Waals surface area contributed by atoms with E-state index in [1.807, 2.05) is 27.9 Å². The van der Waals surface area contributed by atoms with Crippen molar-refractivity contribution in [3.05, 3.63) is 40.4 Å². The van der Waals surface area contributed by atoms with Gasteiger partial charge in [0.2, 0.25) is 5.91 Å². The molecule has 5 rings (SSSR count). The molecule has 4 heterocycles. The number of nitrogens with one attached hydrogen (secondary N) is 1. The molecule has 0 aromatic carbocycles. The van der Waals surface area contributed by atoms with Crippen molar-refractivity contribution >= 4 is 44.9 Å². The smallest absolute Gasteiger partial charge is 0.230 e. The fourth-order valence-electron chi connectivity index (χ4n) is 3.99. The van der Waals surface area contributed by atoms with Gasteiger partial charge >= 0.3 is 0 Å². The molecule has 9 heteroatoms. The summed E-state index contributed by atoms with van der Waals surface area (Å²) in [6.07, 6.45) is 5.77. The van der Waals surface area contributed by atoms with Gasteiger partial charge in [-0.1, -0.05) is 25.6 Å². The second-order valence-electron chi connectivity index (χ2n) is 7.70. The van der Waals surface area contributed by atoms with Gasteiger partial charge in [0.05, 0.1) is 23.9 Å². The molecule has 0 unspecified atom stereocenters. The number of furan rings is 1. The summed E-state index contributed by atoms with van der Waals surface area (Å²) in [5.41, 5.74) is 2.27. The maximum Gasteiger partial charge on any atom is 0.230 e. The van der Waals surface area contributed by atoms with Crippen LogP contribution >= 0.6 is 23.1 Å². The normalized spacial score (nSPS) is 16.3. The van der Waals surface area contributed by atoms with Gasteiger partial charge in [-0.15, -0.1) is 21.5 Å². The number of hydrogen-bond donors (Lipinski definition) is 1. The van der Waals surface area contributed by atoms with Crippen LogP contribution in [0.3, 0.4) is 0 Å². The highest BCUT2D eigenvalue weighted by atomic mass is 32.2. The molecule has 0 radical (unpaired) electrons. The van der Waals surface area contributed by atoms with Crippen LogP contribution in [0, 0.1) is 5.92 Å². The van der Waals surface area contributed by atoms with Crippen LogP contribution in [0.2, 0.25) is 0 Å². The minimum absolute atomic E-state index is 0.0675. The van der Waals surface area contributed by atoms with Gasteiger partial charge in [0.15, 0.2) is 10.8 Å². The Morgan fingerprint density at radius 1 is 1.43 bits per heavy atom. The standard InChI is InChI=1S/C21H23N5O2S2/c1-3-16-23-20-18(14-7-6-12(2)9-15(14)30-20)19-24-25-21(26(16)19)29-11-17(27)22-10-13-5-4-8-28-13/h4-5,8,12H,3,6-7,9-11H2,1-2H3,(H,22,27)/t12-/m1/s1. The van der Waals surface area contributed by atoms with Crippen LogP contribution in [0.15, 0.2) is 28.0 Å². The number of nitrogens with zero attached hydrogens (tertiary/aromatic N) is 4. The number of carbonyl (C=O) groups is 1. The van der Waals surface area contributed by atoms with Crippen LogP contribution in [-0.2, 0) is 30.6 Å². The molecule has 1 aliphatic carbocycles. The molecule has 0 bridgehead atoms. The van der Waals surface area contributed by atoms with E-state index in [1.54, 1.807) is 6.26 Å². The van der Waals surface area contributed by atoms with Crippen molar-refractivity contribution in [2.45, 2.75) is 51.2 Å². The van der Waals surface area contributed by atoms with E-state index in [1.165, 1.54) is 28.6 Å². The topological polar surface area (TPSA) is 85.3 Å². The summed E-state index contributed by atoms with van der Waals surface area (Å²) in [7, 11) is 0. The van der Waals surface area contributed by atoms with Crippen molar-refractivity contribution in [3.63, 3.8) is 0 Å². The Morgan fingerprint density at radius 3 is 3.13 bits per heavy atom. The first-order valence-corrected chi connectivity index (χ1v) is 12.0. The fourth-order valence-corrected chi connectivity index (χ4v) is 6.17. The van der Waals surface area contributed by atoms with E-state index in [4.69, 9.17) is 9.40 Å². The van der Waals surface area contributed by atoms with Gasteiger partial charge in [0.1, 0.15) is 16.4 Å². The average Bonchev–Trinajstić information content (AvgIpc) is 3.47. The number of amides is 1. The SMILES string of the molecule is CCc1nc2sc3c(c2c2nnc(SCC(=O)NCc4ccco4)n12)CC[C@@H](C)C3. The van der Waals surface area contributed by atoms with E-state index in [9.17, 15) is 4.79 Å². The van der Waals surface area contributed by atoms with Gasteiger partial charge in [-0.3, -0.25) is 9.20 Å². The highest BCUT2D eigenvalue weighted by molar-refractivity contribution is 7.99. The van der Waals surface area contributed by atoms with Gasteiger partial charge in [-0.2, -0.15) is 0 Å². The zero-order valence-corrected chi connectivity index (χ0v) is 18.6. The lowest BCUT2D eigenvalue weighted by Crippen LogP contribution is -2.24. The predicted molar refractivity (Wildman–Crippen MR) is 118 cm³/mol. The molecule has 4 aromatic rings. The highest BCUT2D eigenvalue weighted by Gasteiger charge is 2.25. The van der Waals surface area contributed by atoms with Crippen LogP contribution in [0.1, 0.15) is 42.3 Å². The Hall–Kier alpha value is -2.39. The van der Waals surface area contributed by atoms with Gasteiger partial charge in [0, 0.05) is 11.3 Å². The Labute approximate surface area is 182 Å². The first-order valence-electron chi connectivity index (χ1n) is 10.2. The lowest BCUT2D eigenvalue weighted by Gasteiger charge is -2.17. The van der Waals surface area contributed by atoms with Crippen molar-refractivity contribution in [1.29, 1.82) is 0 Å². The summed E-state index contributed by atoms with van der Waals surface area (Å²) in [6, 6.07) is 3.65. The number of fused-ring (bicyclic) bond motifs is 5. The molecule has 0 saturated carbocycles. The van der Waals surface area contributed by atoms with Crippen molar-refractivity contribution in [3.8, 4) is 0 Å². The minimum atomic E-state index is -0.0675. The van der Waals surface area contributed by atoms with Gasteiger partial charge in [-0.25, -0.2) is 4.98 Å². The molecule has 1 amide bonds. The fraction of sp³-hybridized carbons (Fsp3) is 0.429. The zero-order valence-electron chi connectivity index (χ0n) is 17.0. The van der Waals surface area contributed by atoms with Crippen molar-refractivity contribution in [1.82, 2.24) is 24.9 Å². The van der Waals surface area contributed by atoms with Crippen LogP contribution in [0.4, 0.5) is 0 Å². The molecule has 1 N–H and O–H groups in total. The summed E-state index contributed by atoms with van der Waals surface area (Å²) in [4.78, 5) is 19.7. The van der Waals surface area contributed by atoms with E-state index < -0.39 is 0 Å². The molecule has 0 spiro atoms. The zero-order chi connectivity index (χ0) is 20.7. The predicted octanol–water partition coefficient (Wildman–Crippen LogP) is 4.03. The molecule has 0 aliphatic heterocycles. The van der Waals surface area contributed by atoms with Crippen LogP contribution in [0.5, 0.6) is 0 Å². The lowest BCUT2D eigenvalue weighted by molar-refractivity contribution is -0.118. The maximum atomic E-state index is 12.3. The summed E-state index contributed by atoms with van der Waals surface area (Å²) in [6.45, 7) is 4.79. The molecule has 0 saturated heterocycles. The van der Waals surface area contributed by atoms with Gasteiger partial charge in [0.25, 0.3) is 0 Å². The van der Waals surface area contributed by atoms with Crippen molar-refractivity contribution in [2.24, 2.45) is 5.92 Å². The summed E-state index contributed by atoms with van der Waals surface area (Å²) < 4.78 is 7.29. The van der Waals surface area contributed by atoms with E-state index >= 15 is 0 Å². The number of aromatic nitrogens is 4. The Balaban J connectivity index is 1.43. The third kappa shape index (κ3) is 3.50. The minimum Gasteiger partial charge on any atom is -0.467 e. The maximum absolute atomic E-state index is 12.3. The van der Waals surface area contributed by atoms with Crippen LogP contribution in [-0.4, -0.2) is 31.2 Å². The third-order valence-electron chi connectivity index (χ3n) is 5.53. The average molecular weight is 442 g/mol. The number of thioether (sulfide) groups is 1. The molecule has 30 heavy (non-hydrogen) atoms. The number of aryl methyl sites for hydroxylation is 2. The molecule has 0 fully saturated rings. The third-order valence-corrected chi connectivity index (χ3v) is 7.60. The summed E-state index contributed by atoms with van der Waals surface area (Å²) in [5, 5.41) is 13.7. The van der Waals surface area contributed by atoms with E-state index in [0.717, 1.165) is 52.6 Å². The summed E-state index contributed by atoms with van der Waals surface area (Å²) >= 11 is 3.20. The largest absolute Gasteiger partial charge is 0.467 e. The number of carbonyl (C=O) groups excluding carboxylic acids is 1. The highest BCUT2D eigenvalue weighted by Crippen LogP contribution is 2.39. The van der Waals surface area contributed by atoms with Crippen LogP contribution < -0.4 is 5.32 Å². The molecule has 7 nitrogen and oxygen atoms in total. The van der Waals surface area contributed by atoms with E-state index in [2.05, 4.69) is 29.4 Å². The monoisotopic (exact) mass is 441 g/mol. The van der Waals surface area contributed by atoms with Gasteiger partial charge < -0.3 is 9.73 Å². The molecule has 1 aliphatic rings. The van der Waals surface area contributed by atoms with Gasteiger partial charge in [-0.05, 0) is 42.9 Å². The first-order chi connectivity index (χ1) is 14.6. The summed E-state index contributed by atoms with van der Waals surface area (Å²) in [5.74, 6) is 2.59. The lowest BCUT2D eigenvalue weighted by atomic mass is 9.89. The van der Waals surface area contributed by atoms with Crippen molar-refractivity contribution < 1.29 is 9.21 Å². The first kappa shape index (κ1) is 19.6. The second-order valence-corrected chi connectivity index (χ2v) is 9.73. The number of thiophene rings is 1. The number of rotatable bonds is 6. The number of hydrogen-bond acceptors (Lipinski definition) is 7. The van der Waals surface area contributed by atoms with Crippen LogP contribution in [0.25, 0.3) is 15.9 Å². The molecular weight excluding hydrogens is 418 g/mol. The molecule has 4 aromatic heterocycles. The molecular formula is C21H23N5O2S2.